The van der Waals surface area contributed by atoms with Crippen LogP contribution in [0.4, 0.5) is 0 Å². The number of carbonyl (C=O) groups is 2. The first-order chi connectivity index (χ1) is 8.04. The SMILES string of the molecule is Cc1ccc(C(=O)N[C@@H](CCO)C(=O)O)cn1. The lowest BCUT2D eigenvalue weighted by atomic mass is 10.2. The molecule has 0 radical (unpaired) electrons. The number of aliphatic hydroxyl groups excluding tert-OH is 1. The van der Waals surface area contributed by atoms with Gasteiger partial charge in [0.1, 0.15) is 6.04 Å². The molecule has 0 aromatic carbocycles. The summed E-state index contributed by atoms with van der Waals surface area (Å²) in [6, 6.07) is 2.14. The van der Waals surface area contributed by atoms with Crippen LogP contribution in [0.2, 0.25) is 0 Å². The van der Waals surface area contributed by atoms with Crippen LogP contribution in [0.5, 0.6) is 0 Å². The van der Waals surface area contributed by atoms with Gasteiger partial charge in [0.2, 0.25) is 0 Å². The van der Waals surface area contributed by atoms with Crippen LogP contribution in [0.3, 0.4) is 0 Å². The van der Waals surface area contributed by atoms with Crippen LogP contribution < -0.4 is 5.32 Å². The highest BCUT2D eigenvalue weighted by atomic mass is 16.4. The van der Waals surface area contributed by atoms with Crippen molar-refractivity contribution in [1.82, 2.24) is 10.3 Å². The molecule has 0 saturated heterocycles. The Morgan fingerprint density at radius 3 is 2.65 bits per heavy atom. The molecule has 0 aliphatic heterocycles. The van der Waals surface area contributed by atoms with Crippen molar-refractivity contribution < 1.29 is 19.8 Å². The van der Waals surface area contributed by atoms with E-state index in [1.807, 2.05) is 0 Å². The highest BCUT2D eigenvalue weighted by molar-refractivity contribution is 5.96. The maximum absolute atomic E-state index is 11.6. The van der Waals surface area contributed by atoms with Crippen LogP contribution >= 0.6 is 0 Å². The summed E-state index contributed by atoms with van der Waals surface area (Å²) in [5, 5.41) is 19.8. The standard InChI is InChI=1S/C11H14N2O4/c1-7-2-3-8(6-12-7)10(15)13-9(4-5-14)11(16)17/h2-3,6,9,14H,4-5H2,1H3,(H,13,15)(H,16,17)/t9-/m0/s1. The summed E-state index contributed by atoms with van der Waals surface area (Å²) in [7, 11) is 0. The minimum absolute atomic E-state index is 0.0274. The molecule has 0 saturated carbocycles. The number of nitrogens with zero attached hydrogens (tertiary/aromatic N) is 1. The Bertz CT molecular complexity index is 402. The van der Waals surface area contributed by atoms with Gasteiger partial charge in [-0.3, -0.25) is 9.78 Å². The topological polar surface area (TPSA) is 99.5 Å². The summed E-state index contributed by atoms with van der Waals surface area (Å²) in [4.78, 5) is 26.4. The lowest BCUT2D eigenvalue weighted by Gasteiger charge is -2.12. The van der Waals surface area contributed by atoms with Gasteiger partial charge in [-0.1, -0.05) is 0 Å². The number of carboxylic acid groups (broad SMARTS) is 1. The first kappa shape index (κ1) is 13.1. The molecule has 1 rings (SSSR count). The summed E-state index contributed by atoms with van der Waals surface area (Å²) >= 11 is 0. The maximum atomic E-state index is 11.6. The summed E-state index contributed by atoms with van der Waals surface area (Å²) in [6.45, 7) is 1.48. The third-order valence-electron chi connectivity index (χ3n) is 2.19. The second-order valence-electron chi connectivity index (χ2n) is 3.56. The van der Waals surface area contributed by atoms with Crippen molar-refractivity contribution in [3.63, 3.8) is 0 Å². The minimum atomic E-state index is -1.17. The second kappa shape index (κ2) is 5.95. The molecule has 0 bridgehead atoms. The number of carboxylic acids is 1. The Hall–Kier alpha value is -1.95. The molecule has 0 aliphatic carbocycles. The number of pyridine rings is 1. The number of hydrogen-bond donors (Lipinski definition) is 3. The van der Waals surface area contributed by atoms with E-state index in [0.29, 0.717) is 5.56 Å². The van der Waals surface area contributed by atoms with E-state index in [1.165, 1.54) is 6.20 Å². The predicted molar refractivity (Wildman–Crippen MR) is 59.6 cm³/mol. The Morgan fingerprint density at radius 1 is 1.47 bits per heavy atom. The van der Waals surface area contributed by atoms with Gasteiger partial charge in [0.25, 0.3) is 5.91 Å². The number of aryl methyl sites for hydroxylation is 1. The van der Waals surface area contributed by atoms with Crippen LogP contribution in [-0.2, 0) is 4.79 Å². The van der Waals surface area contributed by atoms with Gasteiger partial charge in [0.15, 0.2) is 0 Å². The molecule has 1 heterocycles. The van der Waals surface area contributed by atoms with E-state index < -0.39 is 17.9 Å². The molecule has 0 unspecified atom stereocenters. The fourth-order valence-corrected chi connectivity index (χ4v) is 1.23. The minimum Gasteiger partial charge on any atom is -0.480 e. The number of aromatic nitrogens is 1. The van der Waals surface area contributed by atoms with Crippen molar-refractivity contribution in [2.45, 2.75) is 19.4 Å². The zero-order chi connectivity index (χ0) is 12.8. The van der Waals surface area contributed by atoms with Crippen molar-refractivity contribution >= 4 is 11.9 Å². The smallest absolute Gasteiger partial charge is 0.326 e. The van der Waals surface area contributed by atoms with E-state index in [1.54, 1.807) is 19.1 Å². The van der Waals surface area contributed by atoms with Gasteiger partial charge in [0.05, 0.1) is 5.56 Å². The van der Waals surface area contributed by atoms with Crippen LogP contribution in [0.1, 0.15) is 22.5 Å². The number of rotatable bonds is 5. The van der Waals surface area contributed by atoms with Gasteiger partial charge in [-0.2, -0.15) is 0 Å². The molecule has 0 aliphatic rings. The second-order valence-corrected chi connectivity index (χ2v) is 3.56. The van der Waals surface area contributed by atoms with Gasteiger partial charge < -0.3 is 15.5 Å². The lowest BCUT2D eigenvalue weighted by molar-refractivity contribution is -0.139. The first-order valence-corrected chi connectivity index (χ1v) is 5.11. The molecule has 1 aromatic rings. The molecular formula is C11H14N2O4. The van der Waals surface area contributed by atoms with Crippen molar-refractivity contribution in [2.75, 3.05) is 6.61 Å². The number of carbonyl (C=O) groups excluding carboxylic acids is 1. The quantitative estimate of drug-likeness (QED) is 0.668. The third-order valence-corrected chi connectivity index (χ3v) is 2.19. The fourth-order valence-electron chi connectivity index (χ4n) is 1.23. The zero-order valence-electron chi connectivity index (χ0n) is 9.38. The predicted octanol–water partition coefficient (Wildman–Crippen LogP) is -0.0446. The Balaban J connectivity index is 2.70. The number of amides is 1. The van der Waals surface area contributed by atoms with E-state index in [0.717, 1.165) is 5.69 Å². The average Bonchev–Trinajstić information content (AvgIpc) is 2.29. The van der Waals surface area contributed by atoms with Gasteiger partial charge in [-0.25, -0.2) is 4.79 Å². The summed E-state index contributed by atoms with van der Waals surface area (Å²) in [5.41, 5.74) is 1.06. The van der Waals surface area contributed by atoms with Crippen LogP contribution in [0.25, 0.3) is 0 Å². The highest BCUT2D eigenvalue weighted by Crippen LogP contribution is 2.01. The van der Waals surface area contributed by atoms with E-state index in [4.69, 9.17) is 10.2 Å². The molecule has 92 valence electrons. The van der Waals surface area contributed by atoms with E-state index in [9.17, 15) is 9.59 Å². The maximum Gasteiger partial charge on any atom is 0.326 e. The summed E-state index contributed by atoms with van der Waals surface area (Å²) in [6.07, 6.45) is 1.35. The molecule has 1 aromatic heterocycles. The van der Waals surface area contributed by atoms with Crippen molar-refractivity contribution in [2.24, 2.45) is 0 Å². The van der Waals surface area contributed by atoms with Crippen LogP contribution in [0, 0.1) is 6.92 Å². The number of hydrogen-bond acceptors (Lipinski definition) is 4. The number of aliphatic hydroxyl groups is 1. The van der Waals surface area contributed by atoms with E-state index >= 15 is 0 Å². The molecular weight excluding hydrogens is 224 g/mol. The van der Waals surface area contributed by atoms with Crippen LogP contribution in [0.15, 0.2) is 18.3 Å². The van der Waals surface area contributed by atoms with Crippen molar-refractivity contribution in [1.29, 1.82) is 0 Å². The average molecular weight is 238 g/mol. The summed E-state index contributed by atoms with van der Waals surface area (Å²) in [5.74, 6) is -1.69. The van der Waals surface area contributed by atoms with Crippen molar-refractivity contribution in [3.05, 3.63) is 29.6 Å². The Kier molecular flexibility index (Phi) is 4.59. The molecule has 6 nitrogen and oxygen atoms in total. The molecule has 1 atom stereocenters. The number of nitrogens with one attached hydrogen (secondary N) is 1. The van der Waals surface area contributed by atoms with Gasteiger partial charge in [0, 0.05) is 24.9 Å². The fraction of sp³-hybridized carbons (Fsp3) is 0.364. The largest absolute Gasteiger partial charge is 0.480 e. The van der Waals surface area contributed by atoms with Crippen molar-refractivity contribution in [3.8, 4) is 0 Å². The summed E-state index contributed by atoms with van der Waals surface area (Å²) < 4.78 is 0. The van der Waals surface area contributed by atoms with E-state index in [-0.39, 0.29) is 13.0 Å². The molecule has 17 heavy (non-hydrogen) atoms. The Morgan fingerprint density at radius 2 is 2.18 bits per heavy atom. The van der Waals surface area contributed by atoms with Gasteiger partial charge in [-0.15, -0.1) is 0 Å². The lowest BCUT2D eigenvalue weighted by Crippen LogP contribution is -2.41. The van der Waals surface area contributed by atoms with E-state index in [2.05, 4.69) is 10.3 Å². The number of aliphatic carboxylic acids is 1. The highest BCUT2D eigenvalue weighted by Gasteiger charge is 2.19. The van der Waals surface area contributed by atoms with Crippen LogP contribution in [-0.4, -0.2) is 39.7 Å². The normalized spacial score (nSPS) is 11.9. The van der Waals surface area contributed by atoms with Gasteiger partial charge >= 0.3 is 5.97 Å². The molecule has 3 N–H and O–H groups in total. The molecule has 0 spiro atoms. The monoisotopic (exact) mass is 238 g/mol. The molecule has 1 amide bonds. The first-order valence-electron chi connectivity index (χ1n) is 5.11. The Labute approximate surface area is 98.3 Å². The zero-order valence-corrected chi connectivity index (χ0v) is 9.38. The van der Waals surface area contributed by atoms with Gasteiger partial charge in [-0.05, 0) is 19.1 Å². The third kappa shape index (κ3) is 3.84. The molecule has 0 fully saturated rings. The molecule has 6 heteroatoms.